The Hall–Kier alpha value is -4.29. The predicted molar refractivity (Wildman–Crippen MR) is 160 cm³/mol. The summed E-state index contributed by atoms with van der Waals surface area (Å²) in [4.78, 5) is 15.5. The second-order valence-corrected chi connectivity index (χ2v) is 11.2. The summed E-state index contributed by atoms with van der Waals surface area (Å²) < 4.78 is 13.0. The Morgan fingerprint density at radius 3 is 2.35 bits per heavy atom. The Kier molecular flexibility index (Phi) is 6.51. The van der Waals surface area contributed by atoms with Crippen LogP contribution in [-0.4, -0.2) is 18.7 Å². The molecule has 204 valence electrons. The number of anilines is 3. The first kappa shape index (κ1) is 26.0. The van der Waals surface area contributed by atoms with E-state index in [0.29, 0.717) is 23.0 Å². The van der Waals surface area contributed by atoms with E-state index < -0.39 is 5.60 Å². The van der Waals surface area contributed by atoms with E-state index in [1.165, 1.54) is 0 Å². The molecule has 3 N–H and O–H groups in total. The van der Waals surface area contributed by atoms with Gasteiger partial charge in [0, 0.05) is 46.4 Å². The highest BCUT2D eigenvalue weighted by Gasteiger charge is 2.53. The fraction of sp³-hybridized carbons (Fsp3) is 0.265. The molecule has 0 radical (unpaired) electrons. The zero-order valence-corrected chi connectivity index (χ0v) is 23.4. The molecule has 0 aromatic heterocycles. The van der Waals surface area contributed by atoms with Gasteiger partial charge in [0.15, 0.2) is 5.60 Å². The van der Waals surface area contributed by atoms with E-state index in [2.05, 4.69) is 36.2 Å². The molecule has 0 saturated carbocycles. The summed E-state index contributed by atoms with van der Waals surface area (Å²) in [7, 11) is 0. The lowest BCUT2D eigenvalue weighted by atomic mass is 9.77. The van der Waals surface area contributed by atoms with Gasteiger partial charge in [-0.3, -0.25) is 0 Å². The number of hydrogen-bond acceptors (Lipinski definition) is 6. The van der Waals surface area contributed by atoms with Crippen molar-refractivity contribution in [1.29, 1.82) is 0 Å². The van der Waals surface area contributed by atoms with Crippen LogP contribution in [-0.2, 0) is 10.3 Å². The normalized spacial score (nSPS) is 17.5. The van der Waals surface area contributed by atoms with Crippen LogP contribution in [0.25, 0.3) is 0 Å². The lowest BCUT2D eigenvalue weighted by Crippen LogP contribution is -2.41. The maximum Gasteiger partial charge on any atom is 0.340 e. The molecule has 2 aliphatic rings. The van der Waals surface area contributed by atoms with Crippen LogP contribution in [0, 0.1) is 12.8 Å². The van der Waals surface area contributed by atoms with E-state index in [1.807, 2.05) is 86.6 Å². The lowest BCUT2D eigenvalue weighted by molar-refractivity contribution is 0.0224. The van der Waals surface area contributed by atoms with Gasteiger partial charge >= 0.3 is 5.97 Å². The van der Waals surface area contributed by atoms with E-state index in [1.54, 1.807) is 0 Å². The second-order valence-electron chi connectivity index (χ2n) is 11.2. The Bertz CT molecular complexity index is 1580. The average molecular weight is 534 g/mol. The first-order chi connectivity index (χ1) is 19.3. The number of carbonyl (C=O) groups excluding carboxylic acids is 1. The Morgan fingerprint density at radius 2 is 1.60 bits per heavy atom. The van der Waals surface area contributed by atoms with Crippen molar-refractivity contribution in [3.05, 3.63) is 113 Å². The molecular weight excluding hydrogens is 498 g/mol. The highest BCUT2D eigenvalue weighted by Crippen LogP contribution is 2.57. The molecule has 0 amide bonds. The maximum absolute atomic E-state index is 13.3. The number of rotatable bonds is 7. The van der Waals surface area contributed by atoms with Crippen molar-refractivity contribution >= 4 is 23.0 Å². The van der Waals surface area contributed by atoms with Gasteiger partial charge in [-0.25, -0.2) is 4.79 Å². The molecule has 0 bridgehead atoms. The van der Waals surface area contributed by atoms with Crippen LogP contribution >= 0.6 is 0 Å². The van der Waals surface area contributed by atoms with Crippen LogP contribution < -0.4 is 20.7 Å². The number of nitrogens with zero attached hydrogens (tertiary/aromatic N) is 1. The number of fused-ring (bicyclic) bond motifs is 6. The summed E-state index contributed by atoms with van der Waals surface area (Å²) in [6.07, 6.45) is 0.855. The van der Waals surface area contributed by atoms with Crippen LogP contribution in [0.5, 0.6) is 11.5 Å². The number of aryl methyl sites for hydroxylation is 1. The summed E-state index contributed by atoms with van der Waals surface area (Å²) in [5.41, 5.74) is 12.1. The zero-order valence-electron chi connectivity index (χ0n) is 23.4. The highest BCUT2D eigenvalue weighted by molar-refractivity contribution is 5.97. The molecule has 0 saturated heterocycles. The number of benzene rings is 4. The maximum atomic E-state index is 13.3. The molecule has 0 aliphatic carbocycles. The number of carbonyl (C=O) groups is 1. The summed E-state index contributed by atoms with van der Waals surface area (Å²) in [6, 6.07) is 27.9. The van der Waals surface area contributed by atoms with Gasteiger partial charge in [-0.05, 0) is 74.2 Å². The van der Waals surface area contributed by atoms with Crippen molar-refractivity contribution in [3.63, 3.8) is 0 Å². The number of hydrogen-bond donors (Lipinski definition) is 2. The summed E-state index contributed by atoms with van der Waals surface area (Å²) >= 11 is 0. The third kappa shape index (κ3) is 4.29. The van der Waals surface area contributed by atoms with Crippen LogP contribution in [0.3, 0.4) is 0 Å². The van der Waals surface area contributed by atoms with E-state index in [-0.39, 0.29) is 12.1 Å². The topological polar surface area (TPSA) is 76.8 Å². The van der Waals surface area contributed by atoms with Gasteiger partial charge in [0.05, 0.1) is 11.7 Å². The Labute approximate surface area is 235 Å². The molecule has 2 aliphatic heterocycles. The van der Waals surface area contributed by atoms with Crippen molar-refractivity contribution in [3.8, 4) is 11.5 Å². The molecule has 2 unspecified atom stereocenters. The summed E-state index contributed by atoms with van der Waals surface area (Å²) in [5.74, 6) is 1.54. The lowest BCUT2D eigenvalue weighted by Gasteiger charge is -2.38. The molecular formula is C34H35N3O3. The molecule has 6 rings (SSSR count). The monoisotopic (exact) mass is 533 g/mol. The minimum absolute atomic E-state index is 0.166. The van der Waals surface area contributed by atoms with Crippen molar-refractivity contribution in [2.45, 2.75) is 45.9 Å². The summed E-state index contributed by atoms with van der Waals surface area (Å²) in [5, 5.41) is 3.53. The number of nitrogens with one attached hydrogen (secondary N) is 1. The van der Waals surface area contributed by atoms with Crippen LogP contribution in [0.4, 0.5) is 17.1 Å². The third-order valence-electron chi connectivity index (χ3n) is 7.87. The van der Waals surface area contributed by atoms with Gasteiger partial charge in [0.2, 0.25) is 0 Å². The average Bonchev–Trinajstić information content (AvgIpc) is 3.23. The van der Waals surface area contributed by atoms with E-state index in [4.69, 9.17) is 15.2 Å². The molecule has 0 fully saturated rings. The van der Waals surface area contributed by atoms with E-state index in [9.17, 15) is 4.79 Å². The van der Waals surface area contributed by atoms with E-state index in [0.717, 1.165) is 52.3 Å². The van der Waals surface area contributed by atoms with E-state index >= 15 is 0 Å². The minimum Gasteiger partial charge on any atom is -0.456 e. The molecule has 40 heavy (non-hydrogen) atoms. The van der Waals surface area contributed by atoms with Gasteiger partial charge in [0.1, 0.15) is 11.5 Å². The fourth-order valence-electron chi connectivity index (χ4n) is 5.76. The largest absolute Gasteiger partial charge is 0.456 e. The highest BCUT2D eigenvalue weighted by atomic mass is 16.6. The first-order valence-electron chi connectivity index (χ1n) is 13.9. The molecule has 2 atom stereocenters. The molecule has 6 nitrogen and oxygen atoms in total. The van der Waals surface area contributed by atoms with Crippen LogP contribution in [0.2, 0.25) is 0 Å². The van der Waals surface area contributed by atoms with Crippen molar-refractivity contribution in [2.75, 3.05) is 16.8 Å². The van der Waals surface area contributed by atoms with Gasteiger partial charge in [-0.2, -0.15) is 0 Å². The number of esters is 1. The zero-order chi connectivity index (χ0) is 28.0. The number of para-hydroxylation sites is 1. The van der Waals surface area contributed by atoms with Gasteiger partial charge in [-0.1, -0.05) is 50.2 Å². The van der Waals surface area contributed by atoms with Crippen molar-refractivity contribution in [2.24, 2.45) is 11.7 Å². The van der Waals surface area contributed by atoms with Gasteiger partial charge < -0.3 is 25.4 Å². The Morgan fingerprint density at radius 1 is 0.875 bits per heavy atom. The molecule has 4 aromatic carbocycles. The Balaban J connectivity index is 1.53. The van der Waals surface area contributed by atoms with Crippen molar-refractivity contribution in [1.82, 2.24) is 0 Å². The molecule has 2 heterocycles. The van der Waals surface area contributed by atoms with Crippen molar-refractivity contribution < 1.29 is 14.3 Å². The fourth-order valence-corrected chi connectivity index (χ4v) is 5.76. The second kappa shape index (κ2) is 10.0. The molecule has 4 aromatic rings. The van der Waals surface area contributed by atoms with Crippen LogP contribution in [0.1, 0.15) is 59.8 Å². The SMILES string of the molecule is Cc1cc2c(cc1Nc1ccccc1)C1(OC(=O)c3ccccc31)c1ccc(N(CCC(C)C)C(C)N)cc1O2. The van der Waals surface area contributed by atoms with Gasteiger partial charge in [0.25, 0.3) is 0 Å². The third-order valence-corrected chi connectivity index (χ3v) is 7.87. The number of nitrogens with two attached hydrogens (primary N) is 1. The minimum atomic E-state index is -1.13. The quantitative estimate of drug-likeness (QED) is 0.190. The van der Waals surface area contributed by atoms with Crippen LogP contribution in [0.15, 0.2) is 84.9 Å². The smallest absolute Gasteiger partial charge is 0.340 e. The first-order valence-corrected chi connectivity index (χ1v) is 13.9. The molecule has 1 spiro atoms. The standard InChI is InChI=1S/C34H35N3O3/c1-21(2)16-17-37(23(4)35)25-14-15-28-32(19-25)39-31-18-22(3)30(36-24-10-6-5-7-11-24)20-29(31)34(28)27-13-9-8-12-26(27)33(38)40-34/h5-15,18-21,23,36H,16-17,35H2,1-4H3. The van der Waals surface area contributed by atoms with Gasteiger partial charge in [-0.15, -0.1) is 0 Å². The molecule has 6 heteroatoms. The number of ether oxygens (including phenoxy) is 2. The predicted octanol–water partition coefficient (Wildman–Crippen LogP) is 7.46. The summed E-state index contributed by atoms with van der Waals surface area (Å²) in [6.45, 7) is 9.31.